The van der Waals surface area contributed by atoms with Crippen molar-refractivity contribution in [2.75, 3.05) is 13.1 Å². The van der Waals surface area contributed by atoms with Gasteiger partial charge >= 0.3 is 0 Å². The van der Waals surface area contributed by atoms with Crippen molar-refractivity contribution in [2.24, 2.45) is 0 Å². The standard InChI is InChI=1S/C17H13ClN2O3/c18-12-7-5-11(6-8-12)15(21)19-9-10-20-16(22)13-3-1-2-4-14(13)17(20)23/h1-8H,9-10H2,(H,19,21). The van der Waals surface area contributed by atoms with Crippen LogP contribution >= 0.6 is 11.6 Å². The van der Waals surface area contributed by atoms with Crippen molar-refractivity contribution in [2.45, 2.75) is 0 Å². The van der Waals surface area contributed by atoms with Crippen molar-refractivity contribution in [3.05, 3.63) is 70.2 Å². The Hall–Kier alpha value is -2.66. The van der Waals surface area contributed by atoms with Gasteiger partial charge in [0.05, 0.1) is 11.1 Å². The van der Waals surface area contributed by atoms with E-state index in [1.54, 1.807) is 48.5 Å². The summed E-state index contributed by atoms with van der Waals surface area (Å²) in [5, 5.41) is 3.23. The van der Waals surface area contributed by atoms with E-state index in [1.165, 1.54) is 0 Å². The van der Waals surface area contributed by atoms with Crippen molar-refractivity contribution in [1.29, 1.82) is 0 Å². The second-order valence-corrected chi connectivity index (χ2v) is 5.51. The molecule has 1 aliphatic rings. The fourth-order valence-corrected chi connectivity index (χ4v) is 2.55. The van der Waals surface area contributed by atoms with Gasteiger partial charge < -0.3 is 5.32 Å². The van der Waals surface area contributed by atoms with Gasteiger partial charge in [0.15, 0.2) is 0 Å². The number of carbonyl (C=O) groups excluding carboxylic acids is 3. The van der Waals surface area contributed by atoms with Gasteiger partial charge in [0.2, 0.25) is 0 Å². The molecule has 0 saturated carbocycles. The van der Waals surface area contributed by atoms with Gasteiger partial charge in [-0.15, -0.1) is 0 Å². The van der Waals surface area contributed by atoms with E-state index in [-0.39, 0.29) is 30.8 Å². The molecule has 0 spiro atoms. The normalized spacial score (nSPS) is 13.2. The summed E-state index contributed by atoms with van der Waals surface area (Å²) in [5.74, 6) is -0.934. The first kappa shape index (κ1) is 15.2. The van der Waals surface area contributed by atoms with Crippen LogP contribution in [0.2, 0.25) is 5.02 Å². The van der Waals surface area contributed by atoms with Crippen molar-refractivity contribution < 1.29 is 14.4 Å². The van der Waals surface area contributed by atoms with E-state index in [9.17, 15) is 14.4 Å². The first-order valence-electron chi connectivity index (χ1n) is 7.07. The minimum Gasteiger partial charge on any atom is -0.350 e. The number of rotatable bonds is 4. The summed E-state index contributed by atoms with van der Waals surface area (Å²) in [7, 11) is 0. The molecular formula is C17H13ClN2O3. The summed E-state index contributed by atoms with van der Waals surface area (Å²) in [5.41, 5.74) is 1.28. The van der Waals surface area contributed by atoms with Gasteiger partial charge in [-0.3, -0.25) is 19.3 Å². The van der Waals surface area contributed by atoms with Crippen LogP contribution in [-0.2, 0) is 0 Å². The van der Waals surface area contributed by atoms with Crippen LogP contribution in [0.5, 0.6) is 0 Å². The predicted molar refractivity (Wildman–Crippen MR) is 85.6 cm³/mol. The van der Waals surface area contributed by atoms with Crippen LogP contribution in [-0.4, -0.2) is 35.7 Å². The Morgan fingerprint density at radius 1 is 0.957 bits per heavy atom. The van der Waals surface area contributed by atoms with Crippen LogP contribution in [0.4, 0.5) is 0 Å². The van der Waals surface area contributed by atoms with Crippen LogP contribution in [0, 0.1) is 0 Å². The number of amides is 3. The number of fused-ring (bicyclic) bond motifs is 1. The van der Waals surface area contributed by atoms with E-state index in [4.69, 9.17) is 11.6 Å². The molecule has 3 rings (SSSR count). The van der Waals surface area contributed by atoms with E-state index in [1.807, 2.05) is 0 Å². The Balaban J connectivity index is 1.60. The van der Waals surface area contributed by atoms with Crippen molar-refractivity contribution in [3.63, 3.8) is 0 Å². The summed E-state index contributed by atoms with van der Waals surface area (Å²) in [6, 6.07) is 13.2. The Bertz CT molecular complexity index is 752. The van der Waals surface area contributed by atoms with E-state index in [0.29, 0.717) is 21.7 Å². The predicted octanol–water partition coefficient (Wildman–Crippen LogP) is 2.37. The largest absolute Gasteiger partial charge is 0.350 e. The number of imide groups is 1. The lowest BCUT2D eigenvalue weighted by molar-refractivity contribution is 0.0650. The molecule has 116 valence electrons. The van der Waals surface area contributed by atoms with Gasteiger partial charge in [0.1, 0.15) is 0 Å². The van der Waals surface area contributed by atoms with Gasteiger partial charge in [-0.1, -0.05) is 23.7 Å². The maximum atomic E-state index is 12.2. The van der Waals surface area contributed by atoms with Crippen molar-refractivity contribution >= 4 is 29.3 Å². The number of carbonyl (C=O) groups is 3. The average molecular weight is 329 g/mol. The molecule has 0 aromatic heterocycles. The zero-order chi connectivity index (χ0) is 16.4. The SMILES string of the molecule is O=C(NCCN1C(=O)c2ccccc2C1=O)c1ccc(Cl)cc1. The van der Waals surface area contributed by atoms with E-state index in [2.05, 4.69) is 5.32 Å². The molecule has 0 fully saturated rings. The Morgan fingerprint density at radius 2 is 1.52 bits per heavy atom. The molecule has 1 N–H and O–H groups in total. The summed E-state index contributed by atoms with van der Waals surface area (Å²) < 4.78 is 0. The van der Waals surface area contributed by atoms with Gasteiger partial charge in [-0.05, 0) is 36.4 Å². The highest BCUT2D eigenvalue weighted by Gasteiger charge is 2.34. The van der Waals surface area contributed by atoms with Gasteiger partial charge in [0.25, 0.3) is 17.7 Å². The van der Waals surface area contributed by atoms with Gasteiger partial charge in [-0.2, -0.15) is 0 Å². The fourth-order valence-electron chi connectivity index (χ4n) is 2.43. The number of nitrogens with one attached hydrogen (secondary N) is 1. The summed E-state index contributed by atoms with van der Waals surface area (Å²) in [4.78, 5) is 37.5. The molecule has 0 aliphatic carbocycles. The number of halogens is 1. The van der Waals surface area contributed by atoms with Crippen molar-refractivity contribution in [3.8, 4) is 0 Å². The lowest BCUT2D eigenvalue weighted by atomic mass is 10.1. The van der Waals surface area contributed by atoms with Crippen LogP contribution in [0.3, 0.4) is 0 Å². The first-order valence-corrected chi connectivity index (χ1v) is 7.45. The molecular weight excluding hydrogens is 316 g/mol. The summed E-state index contributed by atoms with van der Waals surface area (Å²) in [6.07, 6.45) is 0. The molecule has 0 saturated heterocycles. The molecule has 0 radical (unpaired) electrons. The number of hydrogen-bond acceptors (Lipinski definition) is 3. The summed E-state index contributed by atoms with van der Waals surface area (Å²) >= 11 is 5.77. The topological polar surface area (TPSA) is 66.5 Å². The third-order valence-corrected chi connectivity index (χ3v) is 3.86. The second-order valence-electron chi connectivity index (χ2n) is 5.07. The second kappa shape index (κ2) is 6.22. The van der Waals surface area contributed by atoms with Crippen molar-refractivity contribution in [1.82, 2.24) is 10.2 Å². The van der Waals surface area contributed by atoms with Crippen LogP contribution in [0.25, 0.3) is 0 Å². The highest BCUT2D eigenvalue weighted by molar-refractivity contribution is 6.30. The molecule has 1 aliphatic heterocycles. The molecule has 1 heterocycles. The molecule has 23 heavy (non-hydrogen) atoms. The van der Waals surface area contributed by atoms with E-state index >= 15 is 0 Å². The highest BCUT2D eigenvalue weighted by atomic mass is 35.5. The van der Waals surface area contributed by atoms with E-state index < -0.39 is 0 Å². The lowest BCUT2D eigenvalue weighted by Crippen LogP contribution is -2.38. The zero-order valence-corrected chi connectivity index (χ0v) is 12.8. The molecule has 3 amide bonds. The smallest absolute Gasteiger partial charge is 0.261 e. The van der Waals surface area contributed by atoms with Gasteiger partial charge in [-0.25, -0.2) is 0 Å². The lowest BCUT2D eigenvalue weighted by Gasteiger charge is -2.14. The summed E-state index contributed by atoms with van der Waals surface area (Å²) in [6.45, 7) is 0.318. The minimum absolute atomic E-state index is 0.131. The molecule has 5 nitrogen and oxygen atoms in total. The molecule has 6 heteroatoms. The Labute approximate surface area is 137 Å². The molecule has 0 atom stereocenters. The van der Waals surface area contributed by atoms with Gasteiger partial charge in [0, 0.05) is 23.7 Å². The molecule has 2 aromatic rings. The van der Waals surface area contributed by atoms with Crippen LogP contribution < -0.4 is 5.32 Å². The first-order chi connectivity index (χ1) is 11.1. The minimum atomic E-state index is -0.327. The third kappa shape index (κ3) is 2.96. The maximum Gasteiger partial charge on any atom is 0.261 e. The zero-order valence-electron chi connectivity index (χ0n) is 12.1. The van der Waals surface area contributed by atoms with Crippen LogP contribution in [0.15, 0.2) is 48.5 Å². The molecule has 2 aromatic carbocycles. The quantitative estimate of drug-likeness (QED) is 0.876. The number of benzene rings is 2. The Kier molecular flexibility index (Phi) is 4.12. The van der Waals surface area contributed by atoms with Crippen LogP contribution in [0.1, 0.15) is 31.1 Å². The highest BCUT2D eigenvalue weighted by Crippen LogP contribution is 2.21. The average Bonchev–Trinajstić information content (AvgIpc) is 2.81. The number of nitrogens with zero attached hydrogens (tertiary/aromatic N) is 1. The molecule has 0 bridgehead atoms. The van der Waals surface area contributed by atoms with E-state index in [0.717, 1.165) is 4.90 Å². The molecule has 0 unspecified atom stereocenters. The third-order valence-electron chi connectivity index (χ3n) is 3.61. The number of hydrogen-bond donors (Lipinski definition) is 1. The maximum absolute atomic E-state index is 12.2. The monoisotopic (exact) mass is 328 g/mol. The fraction of sp³-hybridized carbons (Fsp3) is 0.118. The Morgan fingerprint density at radius 3 is 2.09 bits per heavy atom.